The number of aromatic nitrogens is 2. The Balaban J connectivity index is 1.04. The van der Waals surface area contributed by atoms with Crippen molar-refractivity contribution in [3.05, 3.63) is 206 Å². The zero-order valence-electron chi connectivity index (χ0n) is 31.4. The number of benzene rings is 9. The molecule has 0 saturated carbocycles. The van der Waals surface area contributed by atoms with Crippen LogP contribution in [0.25, 0.3) is 114 Å². The lowest BCUT2D eigenvalue weighted by Crippen LogP contribution is -1.93. The van der Waals surface area contributed by atoms with Crippen LogP contribution in [0.5, 0.6) is 0 Å². The molecule has 0 aliphatic heterocycles. The average molecular weight is 755 g/mol. The fourth-order valence-corrected chi connectivity index (χ4v) is 10.3. The molecule has 0 N–H and O–H groups in total. The highest BCUT2D eigenvalue weighted by Crippen LogP contribution is 2.48. The van der Waals surface area contributed by atoms with E-state index >= 15 is 0 Å². The molecule has 3 heterocycles. The lowest BCUT2D eigenvalue weighted by atomic mass is 9.92. The normalized spacial score (nSPS) is 11.8. The molecule has 0 unspecified atom stereocenters. The van der Waals surface area contributed by atoms with Crippen molar-refractivity contribution < 1.29 is 0 Å². The number of hydrogen-bond donors (Lipinski definition) is 0. The Morgan fingerprint density at radius 3 is 1.57 bits per heavy atom. The van der Waals surface area contributed by atoms with Crippen LogP contribution >= 0.6 is 11.3 Å². The molecule has 3 heteroatoms. The third-order valence-electron chi connectivity index (χ3n) is 11.7. The standard InChI is InChI=1S/C55H34N2S/c1-2-14-38(15-3-1)53-54-51(47-18-8-10-20-49(47)56-53)52-48-19-9-11-21-50(48)57(55(52)58-54)46-28-26-37(27-29-46)43-32-44(41-24-22-35-12-4-6-16-39(35)30-41)34-45(33-43)42-25-23-36-13-5-7-17-40(36)31-42/h1-34H. The smallest absolute Gasteiger partial charge is 0.109 e. The molecule has 0 bridgehead atoms. The van der Waals surface area contributed by atoms with Crippen molar-refractivity contribution in [2.75, 3.05) is 0 Å². The maximum atomic E-state index is 5.26. The summed E-state index contributed by atoms with van der Waals surface area (Å²) in [6.45, 7) is 0. The van der Waals surface area contributed by atoms with E-state index in [0.29, 0.717) is 0 Å². The molecule has 12 aromatic rings. The number of pyridine rings is 1. The van der Waals surface area contributed by atoms with E-state index in [4.69, 9.17) is 4.98 Å². The van der Waals surface area contributed by atoms with E-state index in [1.54, 1.807) is 0 Å². The highest BCUT2D eigenvalue weighted by Gasteiger charge is 2.22. The summed E-state index contributed by atoms with van der Waals surface area (Å²) in [4.78, 5) is 6.50. The van der Waals surface area contributed by atoms with Crippen LogP contribution in [0.3, 0.4) is 0 Å². The molecule has 12 rings (SSSR count). The Morgan fingerprint density at radius 2 is 0.897 bits per heavy atom. The van der Waals surface area contributed by atoms with Gasteiger partial charge in [0.05, 0.1) is 21.4 Å². The Kier molecular flexibility index (Phi) is 7.44. The average Bonchev–Trinajstić information content (AvgIpc) is 3.84. The molecule has 58 heavy (non-hydrogen) atoms. The monoisotopic (exact) mass is 754 g/mol. The van der Waals surface area contributed by atoms with Gasteiger partial charge in [-0.25, -0.2) is 4.98 Å². The molecule has 0 aliphatic rings. The zero-order chi connectivity index (χ0) is 38.2. The first-order chi connectivity index (χ1) is 28.7. The second-order valence-corrected chi connectivity index (χ2v) is 16.2. The molecule has 0 saturated heterocycles. The molecule has 0 radical (unpaired) electrons. The fourth-order valence-electron chi connectivity index (χ4n) is 8.91. The van der Waals surface area contributed by atoms with E-state index in [-0.39, 0.29) is 0 Å². The molecule has 2 nitrogen and oxygen atoms in total. The van der Waals surface area contributed by atoms with Gasteiger partial charge in [0.1, 0.15) is 4.83 Å². The topological polar surface area (TPSA) is 17.8 Å². The predicted octanol–water partition coefficient (Wildman–Crippen LogP) is 15.5. The minimum absolute atomic E-state index is 1.02. The van der Waals surface area contributed by atoms with Gasteiger partial charge in [0.25, 0.3) is 0 Å². The van der Waals surface area contributed by atoms with Gasteiger partial charge >= 0.3 is 0 Å². The van der Waals surface area contributed by atoms with E-state index in [1.807, 2.05) is 11.3 Å². The van der Waals surface area contributed by atoms with Gasteiger partial charge in [-0.15, -0.1) is 11.3 Å². The van der Waals surface area contributed by atoms with Crippen molar-refractivity contribution in [1.82, 2.24) is 9.55 Å². The van der Waals surface area contributed by atoms with Crippen molar-refractivity contribution in [3.63, 3.8) is 0 Å². The Hall–Kier alpha value is -7.33. The van der Waals surface area contributed by atoms with Crippen molar-refractivity contribution in [2.45, 2.75) is 0 Å². The van der Waals surface area contributed by atoms with Crippen molar-refractivity contribution >= 4 is 75.0 Å². The summed E-state index contributed by atoms with van der Waals surface area (Å²) in [6, 6.07) is 75.1. The van der Waals surface area contributed by atoms with E-state index in [1.165, 1.54) is 91.5 Å². The van der Waals surface area contributed by atoms with Gasteiger partial charge in [0.2, 0.25) is 0 Å². The van der Waals surface area contributed by atoms with Crippen LogP contribution in [0, 0.1) is 0 Å². The van der Waals surface area contributed by atoms with Crippen molar-refractivity contribution in [1.29, 1.82) is 0 Å². The zero-order valence-corrected chi connectivity index (χ0v) is 32.2. The van der Waals surface area contributed by atoms with Gasteiger partial charge < -0.3 is 4.57 Å². The summed E-state index contributed by atoms with van der Waals surface area (Å²) < 4.78 is 3.67. The van der Waals surface area contributed by atoms with Crippen LogP contribution in [0.4, 0.5) is 0 Å². The van der Waals surface area contributed by atoms with Gasteiger partial charge in [-0.3, -0.25) is 0 Å². The van der Waals surface area contributed by atoms with Crippen LogP contribution in [-0.4, -0.2) is 9.55 Å². The second kappa shape index (κ2) is 13.1. The van der Waals surface area contributed by atoms with E-state index < -0.39 is 0 Å². The number of para-hydroxylation sites is 2. The first-order valence-electron chi connectivity index (χ1n) is 19.8. The lowest BCUT2D eigenvalue weighted by Gasteiger charge is -2.13. The molecular weight excluding hydrogens is 721 g/mol. The predicted molar refractivity (Wildman–Crippen MR) is 248 cm³/mol. The molecule has 0 amide bonds. The van der Waals surface area contributed by atoms with Crippen molar-refractivity contribution in [2.24, 2.45) is 0 Å². The summed E-state index contributed by atoms with van der Waals surface area (Å²) in [5.41, 5.74) is 12.7. The van der Waals surface area contributed by atoms with Gasteiger partial charge in [-0.1, -0.05) is 152 Å². The molecule has 0 fully saturated rings. The number of nitrogens with zero attached hydrogens (tertiary/aromatic N) is 2. The van der Waals surface area contributed by atoms with E-state index in [9.17, 15) is 0 Å². The Bertz CT molecular complexity index is 3460. The molecule has 270 valence electrons. The molecule has 0 spiro atoms. The summed E-state index contributed by atoms with van der Waals surface area (Å²) in [6.07, 6.45) is 0. The summed E-state index contributed by atoms with van der Waals surface area (Å²) in [5.74, 6) is 0. The Morgan fingerprint density at radius 1 is 0.362 bits per heavy atom. The molecular formula is C55H34N2S. The maximum absolute atomic E-state index is 5.26. The number of thiophene rings is 1. The highest BCUT2D eigenvalue weighted by molar-refractivity contribution is 7.26. The minimum Gasteiger partial charge on any atom is -0.301 e. The van der Waals surface area contributed by atoms with Gasteiger partial charge in [-0.05, 0) is 110 Å². The molecule has 0 aliphatic carbocycles. The van der Waals surface area contributed by atoms with Crippen molar-refractivity contribution in [3.8, 4) is 50.3 Å². The van der Waals surface area contributed by atoms with Crippen LogP contribution < -0.4 is 0 Å². The largest absolute Gasteiger partial charge is 0.301 e. The SMILES string of the molecule is c1ccc(-c2nc3ccccc3c3c2sc2c3c3ccccc3n2-c2ccc(-c3cc(-c4ccc5ccccc5c4)cc(-c4ccc5ccccc5c4)c3)cc2)cc1. The van der Waals surface area contributed by atoms with Crippen LogP contribution in [-0.2, 0) is 0 Å². The number of hydrogen-bond acceptors (Lipinski definition) is 2. The van der Waals surface area contributed by atoms with E-state index in [0.717, 1.165) is 22.5 Å². The second-order valence-electron chi connectivity index (χ2n) is 15.2. The quantitative estimate of drug-likeness (QED) is 0.171. The number of rotatable bonds is 5. The van der Waals surface area contributed by atoms with Crippen LogP contribution in [0.1, 0.15) is 0 Å². The first-order valence-corrected chi connectivity index (χ1v) is 20.6. The van der Waals surface area contributed by atoms with Gasteiger partial charge in [-0.2, -0.15) is 0 Å². The third-order valence-corrected chi connectivity index (χ3v) is 12.9. The fraction of sp³-hybridized carbons (Fsp3) is 0. The molecule has 0 atom stereocenters. The van der Waals surface area contributed by atoms with Crippen LogP contribution in [0.15, 0.2) is 206 Å². The third kappa shape index (κ3) is 5.28. The number of fused-ring (bicyclic) bond motifs is 9. The van der Waals surface area contributed by atoms with Gasteiger partial charge in [0.15, 0.2) is 0 Å². The maximum Gasteiger partial charge on any atom is 0.109 e. The molecule has 3 aromatic heterocycles. The lowest BCUT2D eigenvalue weighted by molar-refractivity contribution is 1.19. The first kappa shape index (κ1) is 32.9. The summed E-state index contributed by atoms with van der Waals surface area (Å²) >= 11 is 1.85. The summed E-state index contributed by atoms with van der Waals surface area (Å²) in [5, 5.41) is 10.0. The van der Waals surface area contributed by atoms with Crippen LogP contribution in [0.2, 0.25) is 0 Å². The summed E-state index contributed by atoms with van der Waals surface area (Å²) in [7, 11) is 0. The van der Waals surface area contributed by atoms with Gasteiger partial charge in [0, 0.05) is 32.8 Å². The highest BCUT2D eigenvalue weighted by atomic mass is 32.1. The minimum atomic E-state index is 1.02. The van der Waals surface area contributed by atoms with E-state index in [2.05, 4.69) is 211 Å². The Labute approximate surface area is 339 Å². The molecule has 9 aromatic carbocycles.